The van der Waals surface area contributed by atoms with Crippen molar-refractivity contribution in [3.05, 3.63) is 20.6 Å². The summed E-state index contributed by atoms with van der Waals surface area (Å²) in [5.74, 6) is 1.53. The summed E-state index contributed by atoms with van der Waals surface area (Å²) in [5.41, 5.74) is 1.85. The van der Waals surface area contributed by atoms with Gasteiger partial charge in [-0.3, -0.25) is 0 Å². The Balaban J connectivity index is 2.51. The minimum absolute atomic E-state index is 0.690. The molecule has 6 heteroatoms. The molecular formula is C12H15BrN4S. The van der Waals surface area contributed by atoms with Gasteiger partial charge < -0.3 is 5.32 Å². The van der Waals surface area contributed by atoms with Gasteiger partial charge in [0.05, 0.1) is 15.2 Å². The molecule has 2 aromatic rings. The second-order valence-electron chi connectivity index (χ2n) is 3.79. The lowest BCUT2D eigenvalue weighted by atomic mass is 10.3. The van der Waals surface area contributed by atoms with Crippen molar-refractivity contribution in [2.45, 2.75) is 27.2 Å². The number of aromatic nitrogens is 3. The number of hydrogen-bond donors (Lipinski definition) is 1. The fraction of sp³-hybridized carbons (Fsp3) is 0.417. The van der Waals surface area contributed by atoms with Gasteiger partial charge in [-0.1, -0.05) is 6.92 Å². The van der Waals surface area contributed by atoms with Crippen molar-refractivity contribution in [1.29, 1.82) is 0 Å². The summed E-state index contributed by atoms with van der Waals surface area (Å²) in [6, 6.07) is 0. The number of hydrogen-bond acceptors (Lipinski definition) is 5. The van der Waals surface area contributed by atoms with Gasteiger partial charge in [-0.15, -0.1) is 11.3 Å². The average Bonchev–Trinajstić information content (AvgIpc) is 2.79. The van der Waals surface area contributed by atoms with Crippen LogP contribution in [0, 0.1) is 6.92 Å². The van der Waals surface area contributed by atoms with E-state index in [9.17, 15) is 0 Å². The molecule has 0 spiro atoms. The summed E-state index contributed by atoms with van der Waals surface area (Å²) in [7, 11) is 0. The van der Waals surface area contributed by atoms with Crippen LogP contribution in [-0.4, -0.2) is 21.5 Å². The molecule has 0 amide bonds. The van der Waals surface area contributed by atoms with Crippen LogP contribution in [0.1, 0.15) is 24.5 Å². The molecule has 0 aliphatic heterocycles. The third kappa shape index (κ3) is 2.70. The fourth-order valence-electron chi connectivity index (χ4n) is 1.59. The monoisotopic (exact) mass is 326 g/mol. The highest BCUT2D eigenvalue weighted by atomic mass is 79.9. The highest BCUT2D eigenvalue weighted by Gasteiger charge is 2.13. The third-order valence-corrected chi connectivity index (χ3v) is 4.05. The Labute approximate surface area is 119 Å². The molecule has 2 rings (SSSR count). The van der Waals surface area contributed by atoms with E-state index in [1.807, 2.05) is 19.2 Å². The van der Waals surface area contributed by atoms with Gasteiger partial charge in [-0.05, 0) is 36.2 Å². The number of halogens is 1. The van der Waals surface area contributed by atoms with Gasteiger partial charge in [0.1, 0.15) is 11.5 Å². The van der Waals surface area contributed by atoms with Gasteiger partial charge >= 0.3 is 0 Å². The van der Waals surface area contributed by atoms with Gasteiger partial charge in [0.15, 0.2) is 5.82 Å². The maximum Gasteiger partial charge on any atom is 0.181 e. The van der Waals surface area contributed by atoms with Crippen molar-refractivity contribution in [3.8, 4) is 11.5 Å². The maximum atomic E-state index is 4.56. The van der Waals surface area contributed by atoms with Crippen molar-refractivity contribution >= 4 is 33.1 Å². The van der Waals surface area contributed by atoms with Crippen LogP contribution in [-0.2, 0) is 6.42 Å². The maximum absolute atomic E-state index is 4.56. The molecule has 0 bridgehead atoms. The van der Waals surface area contributed by atoms with E-state index in [0.717, 1.165) is 39.7 Å². The van der Waals surface area contributed by atoms with Gasteiger partial charge in [-0.2, -0.15) is 0 Å². The molecule has 1 N–H and O–H groups in total. The normalized spacial score (nSPS) is 10.7. The molecule has 0 aliphatic carbocycles. The number of aryl methyl sites for hydroxylation is 2. The molecule has 96 valence electrons. The number of anilines is 1. The molecule has 4 nitrogen and oxygen atoms in total. The first kappa shape index (κ1) is 13.4. The summed E-state index contributed by atoms with van der Waals surface area (Å²) in [6.45, 7) is 6.94. The molecule has 2 aromatic heterocycles. The molecule has 0 aromatic carbocycles. The molecular weight excluding hydrogens is 312 g/mol. The Kier molecular flexibility index (Phi) is 4.29. The van der Waals surface area contributed by atoms with E-state index in [1.165, 1.54) is 0 Å². The van der Waals surface area contributed by atoms with Crippen LogP contribution >= 0.6 is 27.3 Å². The number of rotatable bonds is 4. The largest absolute Gasteiger partial charge is 0.369 e. The van der Waals surface area contributed by atoms with Gasteiger partial charge in [0.25, 0.3) is 0 Å². The lowest BCUT2D eigenvalue weighted by Gasteiger charge is -2.10. The minimum atomic E-state index is 0.690. The molecule has 0 unspecified atom stereocenters. The molecule has 0 atom stereocenters. The van der Waals surface area contributed by atoms with Crippen LogP contribution in [0.15, 0.2) is 9.85 Å². The summed E-state index contributed by atoms with van der Waals surface area (Å²) in [4.78, 5) is 13.5. The van der Waals surface area contributed by atoms with Crippen molar-refractivity contribution < 1.29 is 0 Å². The molecule has 0 fully saturated rings. The highest BCUT2D eigenvalue weighted by Crippen LogP contribution is 2.27. The molecule has 0 saturated heterocycles. The SMILES string of the molecule is CCNc1nc(-c2csc(C)n2)nc(CC)c1Br. The highest BCUT2D eigenvalue weighted by molar-refractivity contribution is 9.10. The third-order valence-electron chi connectivity index (χ3n) is 2.45. The van der Waals surface area contributed by atoms with E-state index < -0.39 is 0 Å². The topological polar surface area (TPSA) is 50.7 Å². The Hall–Kier alpha value is -1.01. The van der Waals surface area contributed by atoms with Gasteiger partial charge in [0.2, 0.25) is 0 Å². The average molecular weight is 327 g/mol. The summed E-state index contributed by atoms with van der Waals surface area (Å²) >= 11 is 5.16. The lowest BCUT2D eigenvalue weighted by Crippen LogP contribution is -2.06. The summed E-state index contributed by atoms with van der Waals surface area (Å²) < 4.78 is 0.947. The minimum Gasteiger partial charge on any atom is -0.369 e. The Morgan fingerprint density at radius 2 is 2.06 bits per heavy atom. The zero-order valence-corrected chi connectivity index (χ0v) is 13.0. The predicted octanol–water partition coefficient (Wildman–Crippen LogP) is 3.67. The molecule has 2 heterocycles. The fourth-order valence-corrected chi connectivity index (χ4v) is 2.78. The predicted molar refractivity (Wildman–Crippen MR) is 79.1 cm³/mol. The van der Waals surface area contributed by atoms with Crippen LogP contribution in [0.2, 0.25) is 0 Å². The van der Waals surface area contributed by atoms with E-state index in [0.29, 0.717) is 5.82 Å². The van der Waals surface area contributed by atoms with Crippen molar-refractivity contribution in [3.63, 3.8) is 0 Å². The second-order valence-corrected chi connectivity index (χ2v) is 5.65. The van der Waals surface area contributed by atoms with E-state index in [-0.39, 0.29) is 0 Å². The Bertz CT molecular complexity index is 553. The number of nitrogens with one attached hydrogen (secondary N) is 1. The molecule has 0 saturated carbocycles. The van der Waals surface area contributed by atoms with Crippen LogP contribution in [0.3, 0.4) is 0 Å². The van der Waals surface area contributed by atoms with Crippen LogP contribution < -0.4 is 5.32 Å². The zero-order valence-electron chi connectivity index (χ0n) is 10.6. The lowest BCUT2D eigenvalue weighted by molar-refractivity contribution is 0.978. The zero-order chi connectivity index (χ0) is 13.1. The van der Waals surface area contributed by atoms with Crippen LogP contribution in [0.4, 0.5) is 5.82 Å². The summed E-state index contributed by atoms with van der Waals surface area (Å²) in [6.07, 6.45) is 0.859. The molecule has 0 radical (unpaired) electrons. The molecule has 0 aliphatic rings. The first-order valence-electron chi connectivity index (χ1n) is 5.88. The van der Waals surface area contributed by atoms with Crippen LogP contribution in [0.5, 0.6) is 0 Å². The summed E-state index contributed by atoms with van der Waals surface area (Å²) in [5, 5.41) is 6.27. The number of thiazole rings is 1. The standard InChI is InChI=1S/C12H15BrN4S/c1-4-8-10(13)12(14-5-2)17-11(16-8)9-6-18-7(3)15-9/h6H,4-5H2,1-3H3,(H,14,16,17). The first-order chi connectivity index (χ1) is 8.65. The first-order valence-corrected chi connectivity index (χ1v) is 7.55. The van der Waals surface area contributed by atoms with E-state index in [4.69, 9.17) is 0 Å². The van der Waals surface area contributed by atoms with E-state index >= 15 is 0 Å². The Morgan fingerprint density at radius 1 is 1.28 bits per heavy atom. The van der Waals surface area contributed by atoms with E-state index in [2.05, 4.69) is 43.1 Å². The second kappa shape index (κ2) is 5.75. The van der Waals surface area contributed by atoms with Crippen molar-refractivity contribution in [1.82, 2.24) is 15.0 Å². The quantitative estimate of drug-likeness (QED) is 0.931. The van der Waals surface area contributed by atoms with Gasteiger partial charge in [-0.25, -0.2) is 15.0 Å². The van der Waals surface area contributed by atoms with Crippen LogP contribution in [0.25, 0.3) is 11.5 Å². The van der Waals surface area contributed by atoms with Crippen molar-refractivity contribution in [2.75, 3.05) is 11.9 Å². The molecule has 18 heavy (non-hydrogen) atoms. The van der Waals surface area contributed by atoms with E-state index in [1.54, 1.807) is 11.3 Å². The smallest absolute Gasteiger partial charge is 0.181 e. The van der Waals surface area contributed by atoms with Crippen molar-refractivity contribution in [2.24, 2.45) is 0 Å². The van der Waals surface area contributed by atoms with Gasteiger partial charge in [0, 0.05) is 11.9 Å². The Morgan fingerprint density at radius 3 is 2.61 bits per heavy atom. The number of nitrogens with zero attached hydrogens (tertiary/aromatic N) is 3.